The van der Waals surface area contributed by atoms with E-state index in [9.17, 15) is 23.3 Å². The summed E-state index contributed by atoms with van der Waals surface area (Å²) in [5.74, 6) is 0. The standard InChI is InChI=1S/C17H17N5O5S2/c1-2-11-10-15(23)21-17(18-11)28-16(19-21)13-7-5-9-20(13)29(26,27)14-8-4-3-6-12(14)22(24)25/h3-4,6,8,10,13H,2,5,7,9H2,1H3/t13-/m1/s1. The molecule has 0 amide bonds. The number of nitro groups is 1. The number of rotatable bonds is 5. The van der Waals surface area contributed by atoms with Crippen LogP contribution in [0.4, 0.5) is 5.69 Å². The summed E-state index contributed by atoms with van der Waals surface area (Å²) in [4.78, 5) is 27.3. The van der Waals surface area contributed by atoms with Gasteiger partial charge in [0.2, 0.25) is 4.96 Å². The lowest BCUT2D eigenvalue weighted by atomic mass is 10.2. The van der Waals surface area contributed by atoms with Gasteiger partial charge in [-0.15, -0.1) is 0 Å². The number of hydrogen-bond acceptors (Lipinski definition) is 8. The van der Waals surface area contributed by atoms with E-state index < -0.39 is 26.7 Å². The molecule has 0 saturated carbocycles. The number of nitrogens with zero attached hydrogens (tertiary/aromatic N) is 5. The van der Waals surface area contributed by atoms with Crippen LogP contribution in [0.2, 0.25) is 0 Å². The number of nitro benzene ring substituents is 1. The van der Waals surface area contributed by atoms with Crippen molar-refractivity contribution in [1.82, 2.24) is 18.9 Å². The first-order valence-corrected chi connectivity index (χ1v) is 11.2. The molecule has 3 heterocycles. The minimum Gasteiger partial charge on any atom is -0.267 e. The van der Waals surface area contributed by atoms with E-state index in [0.29, 0.717) is 34.9 Å². The summed E-state index contributed by atoms with van der Waals surface area (Å²) in [6.07, 6.45) is 1.69. The fourth-order valence-electron chi connectivity index (χ4n) is 3.41. The number of aromatic nitrogens is 3. The van der Waals surface area contributed by atoms with Gasteiger partial charge in [0.1, 0.15) is 5.01 Å². The molecular formula is C17H17N5O5S2. The lowest BCUT2D eigenvalue weighted by Gasteiger charge is -2.22. The molecule has 1 aliphatic heterocycles. The minimum absolute atomic E-state index is 0.220. The van der Waals surface area contributed by atoms with Crippen LogP contribution in [0.25, 0.3) is 4.96 Å². The lowest BCUT2D eigenvalue weighted by Crippen LogP contribution is -2.31. The Hall–Kier alpha value is -2.70. The molecule has 4 rings (SSSR count). The Balaban J connectivity index is 1.79. The van der Waals surface area contributed by atoms with Crippen LogP contribution in [0.15, 0.2) is 40.0 Å². The number of fused-ring (bicyclic) bond motifs is 1. The van der Waals surface area contributed by atoms with Crippen LogP contribution >= 0.6 is 11.3 Å². The van der Waals surface area contributed by atoms with Gasteiger partial charge in [-0.25, -0.2) is 13.4 Å². The maximum atomic E-state index is 13.2. The molecule has 10 nitrogen and oxygen atoms in total. The molecule has 1 saturated heterocycles. The molecule has 0 bridgehead atoms. The first-order valence-electron chi connectivity index (χ1n) is 8.98. The summed E-state index contributed by atoms with van der Waals surface area (Å²) in [5.41, 5.74) is -0.144. The number of hydrogen-bond donors (Lipinski definition) is 0. The molecule has 1 aromatic carbocycles. The summed E-state index contributed by atoms with van der Waals surface area (Å²) < 4.78 is 28.9. The van der Waals surface area contributed by atoms with E-state index in [2.05, 4.69) is 10.1 Å². The highest BCUT2D eigenvalue weighted by atomic mass is 32.2. The van der Waals surface area contributed by atoms with Gasteiger partial charge >= 0.3 is 0 Å². The molecule has 0 unspecified atom stereocenters. The van der Waals surface area contributed by atoms with Crippen LogP contribution in [0.1, 0.15) is 36.5 Å². The molecule has 1 fully saturated rings. The zero-order chi connectivity index (χ0) is 20.8. The summed E-state index contributed by atoms with van der Waals surface area (Å²) >= 11 is 1.16. The predicted molar refractivity (Wildman–Crippen MR) is 105 cm³/mol. The van der Waals surface area contributed by atoms with Gasteiger partial charge in [0.05, 0.1) is 11.0 Å². The number of sulfonamides is 1. The molecule has 0 aliphatic carbocycles. The monoisotopic (exact) mass is 435 g/mol. The summed E-state index contributed by atoms with van der Waals surface area (Å²) in [6.45, 7) is 2.11. The predicted octanol–water partition coefficient (Wildman–Crippen LogP) is 2.15. The highest BCUT2D eigenvalue weighted by Crippen LogP contribution is 2.39. The van der Waals surface area contributed by atoms with Crippen molar-refractivity contribution in [2.45, 2.75) is 37.1 Å². The van der Waals surface area contributed by atoms with Gasteiger partial charge < -0.3 is 0 Å². The fraction of sp³-hybridized carbons (Fsp3) is 0.353. The van der Waals surface area contributed by atoms with Gasteiger partial charge in [-0.3, -0.25) is 14.9 Å². The van der Waals surface area contributed by atoms with Crippen LogP contribution in [0.5, 0.6) is 0 Å². The second kappa shape index (κ2) is 7.28. The van der Waals surface area contributed by atoms with E-state index in [4.69, 9.17) is 0 Å². The zero-order valence-corrected chi connectivity index (χ0v) is 17.0. The SMILES string of the molecule is CCc1cc(=O)n2nc([C@H]3CCCN3S(=O)(=O)c3ccccc3[N+](=O)[O-])sc2n1. The first kappa shape index (κ1) is 19.6. The van der Waals surface area contributed by atoms with E-state index in [1.54, 1.807) is 0 Å². The Kier molecular flexibility index (Phi) is 4.92. The van der Waals surface area contributed by atoms with E-state index in [0.717, 1.165) is 11.3 Å². The van der Waals surface area contributed by atoms with Gasteiger partial charge in [0, 0.05) is 24.4 Å². The molecule has 0 radical (unpaired) electrons. The van der Waals surface area contributed by atoms with Crippen molar-refractivity contribution in [3.63, 3.8) is 0 Å². The maximum Gasteiger partial charge on any atom is 0.289 e. The van der Waals surface area contributed by atoms with Gasteiger partial charge in [-0.05, 0) is 25.3 Å². The van der Waals surface area contributed by atoms with E-state index in [-0.39, 0.29) is 17.0 Å². The second-order valence-corrected chi connectivity index (χ2v) is 9.42. The third kappa shape index (κ3) is 3.32. The van der Waals surface area contributed by atoms with Gasteiger partial charge in [0.15, 0.2) is 4.90 Å². The van der Waals surface area contributed by atoms with Crippen LogP contribution in [-0.4, -0.2) is 38.8 Å². The van der Waals surface area contributed by atoms with E-state index in [1.165, 1.54) is 39.2 Å². The number of aryl methyl sites for hydroxylation is 1. The third-order valence-corrected chi connectivity index (χ3v) is 7.78. The fourth-order valence-corrected chi connectivity index (χ4v) is 6.37. The van der Waals surface area contributed by atoms with Crippen molar-refractivity contribution in [3.05, 3.63) is 61.5 Å². The summed E-state index contributed by atoms with van der Waals surface area (Å²) in [6, 6.07) is 6.10. The molecule has 29 heavy (non-hydrogen) atoms. The Morgan fingerprint density at radius 2 is 2.10 bits per heavy atom. The first-order chi connectivity index (χ1) is 13.8. The summed E-state index contributed by atoms with van der Waals surface area (Å²) in [5, 5.41) is 16.1. The topological polar surface area (TPSA) is 128 Å². The van der Waals surface area contributed by atoms with Gasteiger partial charge in [-0.1, -0.05) is 30.4 Å². The van der Waals surface area contributed by atoms with Gasteiger partial charge in [-0.2, -0.15) is 13.9 Å². The van der Waals surface area contributed by atoms with Crippen molar-refractivity contribution in [2.24, 2.45) is 0 Å². The average Bonchev–Trinajstić information content (AvgIpc) is 3.35. The zero-order valence-electron chi connectivity index (χ0n) is 15.4. The largest absolute Gasteiger partial charge is 0.289 e. The normalized spacial score (nSPS) is 17.8. The molecule has 2 aromatic heterocycles. The average molecular weight is 435 g/mol. The quantitative estimate of drug-likeness (QED) is 0.444. The smallest absolute Gasteiger partial charge is 0.267 e. The molecule has 1 atom stereocenters. The lowest BCUT2D eigenvalue weighted by molar-refractivity contribution is -0.387. The molecule has 152 valence electrons. The highest BCUT2D eigenvalue weighted by molar-refractivity contribution is 7.89. The molecule has 1 aliphatic rings. The second-order valence-electron chi connectivity index (χ2n) is 6.57. The van der Waals surface area contributed by atoms with Gasteiger partial charge in [0.25, 0.3) is 21.3 Å². The Morgan fingerprint density at radius 1 is 1.34 bits per heavy atom. The Bertz CT molecular complexity index is 1270. The molecule has 0 spiro atoms. The van der Waals surface area contributed by atoms with Crippen molar-refractivity contribution >= 4 is 32.0 Å². The molecule has 3 aromatic rings. The van der Waals surface area contributed by atoms with E-state index >= 15 is 0 Å². The Morgan fingerprint density at radius 3 is 2.83 bits per heavy atom. The van der Waals surface area contributed by atoms with Crippen LogP contribution in [0.3, 0.4) is 0 Å². The maximum absolute atomic E-state index is 13.2. The van der Waals surface area contributed by atoms with Crippen molar-refractivity contribution in [2.75, 3.05) is 6.54 Å². The van der Waals surface area contributed by atoms with Crippen LogP contribution < -0.4 is 5.56 Å². The van der Waals surface area contributed by atoms with E-state index in [1.807, 2.05) is 6.92 Å². The highest BCUT2D eigenvalue weighted by Gasteiger charge is 2.41. The Labute approximate surface area is 169 Å². The van der Waals surface area contributed by atoms with Crippen LogP contribution in [-0.2, 0) is 16.4 Å². The van der Waals surface area contributed by atoms with Crippen molar-refractivity contribution < 1.29 is 13.3 Å². The van der Waals surface area contributed by atoms with Crippen molar-refractivity contribution in [3.8, 4) is 0 Å². The number of benzene rings is 1. The minimum atomic E-state index is -4.12. The molecule has 12 heteroatoms. The molecular weight excluding hydrogens is 418 g/mol. The third-order valence-electron chi connectivity index (χ3n) is 4.81. The number of para-hydroxylation sites is 1. The van der Waals surface area contributed by atoms with Crippen molar-refractivity contribution in [1.29, 1.82) is 0 Å². The molecule has 0 N–H and O–H groups in total. The van der Waals surface area contributed by atoms with Crippen LogP contribution in [0, 0.1) is 10.1 Å². The summed E-state index contributed by atoms with van der Waals surface area (Å²) in [7, 11) is -4.12.